The summed E-state index contributed by atoms with van der Waals surface area (Å²) in [6.07, 6.45) is -1.16. The molecule has 2 N–H and O–H groups in total. The van der Waals surface area contributed by atoms with E-state index in [-0.39, 0.29) is 5.82 Å². The van der Waals surface area contributed by atoms with Gasteiger partial charge in [0.05, 0.1) is 12.2 Å². The molecular formula is C20H25FN2O2. The second-order valence-corrected chi connectivity index (χ2v) is 6.60. The molecule has 0 unspecified atom stereocenters. The van der Waals surface area contributed by atoms with Crippen LogP contribution in [-0.4, -0.2) is 59.3 Å². The minimum atomic E-state index is -0.683. The average molecular weight is 344 g/mol. The summed E-state index contributed by atoms with van der Waals surface area (Å²) in [5.41, 5.74) is 1.55. The SMILES string of the molecule is O[C@H](CN1CCN(C[C@H](O)c2ccccc2)CC1)c1cccc(F)c1. The van der Waals surface area contributed by atoms with Gasteiger partial charge in [0.1, 0.15) is 5.82 Å². The summed E-state index contributed by atoms with van der Waals surface area (Å²) in [6.45, 7) is 4.46. The van der Waals surface area contributed by atoms with Crippen molar-refractivity contribution in [3.05, 3.63) is 71.5 Å². The predicted octanol–water partition coefficient (Wildman–Crippen LogP) is 2.21. The van der Waals surface area contributed by atoms with Crippen molar-refractivity contribution in [3.63, 3.8) is 0 Å². The second kappa shape index (κ2) is 8.54. The van der Waals surface area contributed by atoms with Crippen LogP contribution < -0.4 is 0 Å². The van der Waals surface area contributed by atoms with Crippen LogP contribution in [0.5, 0.6) is 0 Å². The Balaban J connectivity index is 1.45. The zero-order chi connectivity index (χ0) is 17.6. The molecule has 1 aliphatic rings. The molecule has 134 valence electrons. The second-order valence-electron chi connectivity index (χ2n) is 6.60. The number of β-amino-alcohol motifs (C(OH)–C–C–N with tert-alkyl or cyclic N) is 2. The number of benzene rings is 2. The molecular weight excluding hydrogens is 319 g/mol. The highest BCUT2D eigenvalue weighted by atomic mass is 19.1. The lowest BCUT2D eigenvalue weighted by molar-refractivity contribution is 0.0482. The number of aliphatic hydroxyl groups is 2. The number of piperazine rings is 1. The van der Waals surface area contributed by atoms with E-state index in [0.717, 1.165) is 31.7 Å². The first-order valence-corrected chi connectivity index (χ1v) is 8.73. The fourth-order valence-electron chi connectivity index (χ4n) is 3.24. The summed E-state index contributed by atoms with van der Waals surface area (Å²) in [6, 6.07) is 15.8. The van der Waals surface area contributed by atoms with Crippen molar-refractivity contribution in [1.82, 2.24) is 9.80 Å². The number of aliphatic hydroxyl groups excluding tert-OH is 2. The zero-order valence-electron chi connectivity index (χ0n) is 14.3. The fourth-order valence-corrected chi connectivity index (χ4v) is 3.24. The molecule has 25 heavy (non-hydrogen) atoms. The molecule has 5 heteroatoms. The largest absolute Gasteiger partial charge is 0.387 e. The van der Waals surface area contributed by atoms with E-state index in [1.165, 1.54) is 12.1 Å². The van der Waals surface area contributed by atoms with Crippen molar-refractivity contribution in [2.45, 2.75) is 12.2 Å². The lowest BCUT2D eigenvalue weighted by Crippen LogP contribution is -2.48. The molecule has 4 nitrogen and oxygen atoms in total. The van der Waals surface area contributed by atoms with Gasteiger partial charge >= 0.3 is 0 Å². The van der Waals surface area contributed by atoms with Gasteiger partial charge in [-0.05, 0) is 23.3 Å². The summed E-state index contributed by atoms with van der Waals surface area (Å²) in [5, 5.41) is 20.6. The first-order valence-electron chi connectivity index (χ1n) is 8.73. The van der Waals surface area contributed by atoms with Crippen molar-refractivity contribution in [2.24, 2.45) is 0 Å². The monoisotopic (exact) mass is 344 g/mol. The van der Waals surface area contributed by atoms with Crippen LogP contribution in [-0.2, 0) is 0 Å². The molecule has 2 aromatic rings. The number of hydrogen-bond donors (Lipinski definition) is 2. The van der Waals surface area contributed by atoms with E-state index in [4.69, 9.17) is 0 Å². The molecule has 1 saturated heterocycles. The minimum absolute atomic E-state index is 0.323. The molecule has 0 aromatic heterocycles. The third-order valence-electron chi connectivity index (χ3n) is 4.74. The lowest BCUT2D eigenvalue weighted by atomic mass is 10.1. The Hall–Kier alpha value is -1.79. The van der Waals surface area contributed by atoms with Gasteiger partial charge < -0.3 is 10.2 Å². The van der Waals surface area contributed by atoms with Crippen LogP contribution in [0.3, 0.4) is 0 Å². The van der Waals surface area contributed by atoms with Crippen molar-refractivity contribution in [2.75, 3.05) is 39.3 Å². The van der Waals surface area contributed by atoms with Crippen LogP contribution >= 0.6 is 0 Å². The van der Waals surface area contributed by atoms with Gasteiger partial charge in [-0.15, -0.1) is 0 Å². The van der Waals surface area contributed by atoms with Crippen molar-refractivity contribution in [3.8, 4) is 0 Å². The topological polar surface area (TPSA) is 46.9 Å². The van der Waals surface area contributed by atoms with Gasteiger partial charge in [0.25, 0.3) is 0 Å². The molecule has 0 radical (unpaired) electrons. The van der Waals surface area contributed by atoms with Crippen LogP contribution in [0.4, 0.5) is 4.39 Å². The van der Waals surface area contributed by atoms with Gasteiger partial charge in [-0.25, -0.2) is 4.39 Å². The summed E-state index contributed by atoms with van der Waals surface area (Å²) in [4.78, 5) is 4.42. The first kappa shape index (κ1) is 18.0. The molecule has 2 aromatic carbocycles. The molecule has 1 fully saturated rings. The van der Waals surface area contributed by atoms with Crippen LogP contribution in [0, 0.1) is 5.82 Å². The quantitative estimate of drug-likeness (QED) is 0.844. The number of halogens is 1. The van der Waals surface area contributed by atoms with Crippen molar-refractivity contribution in [1.29, 1.82) is 0 Å². The van der Waals surface area contributed by atoms with E-state index < -0.39 is 12.2 Å². The van der Waals surface area contributed by atoms with Gasteiger partial charge in [-0.2, -0.15) is 0 Å². The molecule has 0 aliphatic carbocycles. The number of hydrogen-bond acceptors (Lipinski definition) is 4. The highest BCUT2D eigenvalue weighted by Gasteiger charge is 2.22. The number of rotatable bonds is 6. The number of nitrogens with zero attached hydrogens (tertiary/aromatic N) is 2. The van der Waals surface area contributed by atoms with Crippen molar-refractivity contribution < 1.29 is 14.6 Å². The zero-order valence-corrected chi connectivity index (χ0v) is 14.3. The smallest absolute Gasteiger partial charge is 0.123 e. The Morgan fingerprint density at radius 3 is 1.84 bits per heavy atom. The third kappa shape index (κ3) is 5.09. The fraction of sp³-hybridized carbons (Fsp3) is 0.400. The van der Waals surface area contributed by atoms with E-state index in [2.05, 4.69) is 9.80 Å². The van der Waals surface area contributed by atoms with Gasteiger partial charge in [0.15, 0.2) is 0 Å². The van der Waals surface area contributed by atoms with Gasteiger partial charge in [0, 0.05) is 39.3 Å². The average Bonchev–Trinajstić information content (AvgIpc) is 2.64. The van der Waals surface area contributed by atoms with E-state index >= 15 is 0 Å². The van der Waals surface area contributed by atoms with E-state index in [0.29, 0.717) is 18.7 Å². The molecule has 0 spiro atoms. The van der Waals surface area contributed by atoms with E-state index in [9.17, 15) is 14.6 Å². The highest BCUT2D eigenvalue weighted by Crippen LogP contribution is 2.18. The molecule has 0 saturated carbocycles. The Bertz CT molecular complexity index is 660. The first-order chi connectivity index (χ1) is 12.1. The maximum Gasteiger partial charge on any atom is 0.123 e. The van der Waals surface area contributed by atoms with Gasteiger partial charge in [-0.1, -0.05) is 42.5 Å². The standard InChI is InChI=1S/C20H25FN2O2/c21-18-8-4-7-17(13-18)20(25)15-23-11-9-22(10-12-23)14-19(24)16-5-2-1-3-6-16/h1-8,13,19-20,24-25H,9-12,14-15H2/t19-,20+/m0/s1. The Morgan fingerprint density at radius 1 is 0.760 bits per heavy atom. The summed E-state index contributed by atoms with van der Waals surface area (Å²) in [7, 11) is 0. The Kier molecular flexibility index (Phi) is 6.15. The van der Waals surface area contributed by atoms with Gasteiger partial charge in [-0.3, -0.25) is 9.80 Å². The highest BCUT2D eigenvalue weighted by molar-refractivity contribution is 5.19. The van der Waals surface area contributed by atoms with Crippen LogP contribution in [0.25, 0.3) is 0 Å². The van der Waals surface area contributed by atoms with Crippen LogP contribution in [0.2, 0.25) is 0 Å². The van der Waals surface area contributed by atoms with Gasteiger partial charge in [0.2, 0.25) is 0 Å². The molecule has 0 bridgehead atoms. The molecule has 1 aliphatic heterocycles. The lowest BCUT2D eigenvalue weighted by Gasteiger charge is -2.36. The molecule has 3 rings (SSSR count). The summed E-state index contributed by atoms with van der Waals surface area (Å²) >= 11 is 0. The normalized spacial score (nSPS) is 18.8. The molecule has 0 amide bonds. The molecule has 1 heterocycles. The minimum Gasteiger partial charge on any atom is -0.387 e. The van der Waals surface area contributed by atoms with E-state index in [1.807, 2.05) is 30.3 Å². The van der Waals surface area contributed by atoms with Crippen LogP contribution in [0.1, 0.15) is 23.3 Å². The van der Waals surface area contributed by atoms with Crippen LogP contribution in [0.15, 0.2) is 54.6 Å². The summed E-state index contributed by atoms with van der Waals surface area (Å²) in [5.74, 6) is -0.323. The summed E-state index contributed by atoms with van der Waals surface area (Å²) < 4.78 is 13.3. The van der Waals surface area contributed by atoms with E-state index in [1.54, 1.807) is 12.1 Å². The van der Waals surface area contributed by atoms with Crippen molar-refractivity contribution >= 4 is 0 Å². The maximum atomic E-state index is 13.3. The Morgan fingerprint density at radius 2 is 1.28 bits per heavy atom. The molecule has 2 atom stereocenters. The predicted molar refractivity (Wildman–Crippen MR) is 95.6 cm³/mol. The Labute approximate surface area is 148 Å². The maximum absolute atomic E-state index is 13.3. The third-order valence-corrected chi connectivity index (χ3v) is 4.74.